The molecule has 0 unspecified atom stereocenters. The van der Waals surface area contributed by atoms with E-state index >= 15 is 0 Å². The van der Waals surface area contributed by atoms with E-state index in [1.54, 1.807) is 18.2 Å². The number of rotatable bonds is 5. The van der Waals surface area contributed by atoms with Crippen LogP contribution in [0.2, 0.25) is 0 Å². The molecule has 0 atom stereocenters. The third-order valence-corrected chi connectivity index (χ3v) is 6.68. The molecule has 1 saturated heterocycles. The quantitative estimate of drug-likeness (QED) is 0.586. The molecule has 1 aromatic heterocycles. The lowest BCUT2D eigenvalue weighted by Gasteiger charge is -2.26. The zero-order valence-electron chi connectivity index (χ0n) is 14.3. The van der Waals surface area contributed by atoms with E-state index in [-0.39, 0.29) is 11.5 Å². The average Bonchev–Trinajstić information content (AvgIpc) is 3.10. The number of morpholine rings is 1. The van der Waals surface area contributed by atoms with Gasteiger partial charge in [-0.2, -0.15) is 4.31 Å². The fourth-order valence-corrected chi connectivity index (χ4v) is 4.48. The number of sulfonamides is 1. The number of halogens is 1. The fourth-order valence-electron chi connectivity index (χ4n) is 2.79. The number of nitrogens with zero attached hydrogens (tertiary/aromatic N) is 4. The first kappa shape index (κ1) is 18.4. The maximum atomic E-state index is 12.9. The minimum absolute atomic E-state index is 0.188. The summed E-state index contributed by atoms with van der Waals surface area (Å²) in [6.07, 6.45) is 0. The maximum Gasteiger partial charge on any atom is 0.243 e. The van der Waals surface area contributed by atoms with E-state index in [2.05, 4.69) is 26.2 Å². The van der Waals surface area contributed by atoms with E-state index in [0.29, 0.717) is 37.3 Å². The lowest BCUT2D eigenvalue weighted by Crippen LogP contribution is -2.40. The van der Waals surface area contributed by atoms with Crippen LogP contribution in [0.15, 0.2) is 51.8 Å². The summed E-state index contributed by atoms with van der Waals surface area (Å²) in [5.41, 5.74) is 2.02. The molecule has 142 valence electrons. The van der Waals surface area contributed by atoms with E-state index in [4.69, 9.17) is 9.57 Å². The predicted octanol–water partition coefficient (Wildman–Crippen LogP) is 1.84. The molecule has 0 aliphatic carbocycles. The Morgan fingerprint density at radius 3 is 2.59 bits per heavy atom. The van der Waals surface area contributed by atoms with Gasteiger partial charge in [-0.1, -0.05) is 32.9 Å². The smallest absolute Gasteiger partial charge is 0.243 e. The molecule has 1 fully saturated rings. The summed E-state index contributed by atoms with van der Waals surface area (Å²) >= 11 is 3.39. The van der Waals surface area contributed by atoms with Crippen LogP contribution in [0, 0.1) is 0 Å². The average molecular weight is 453 g/mol. The zero-order valence-corrected chi connectivity index (χ0v) is 16.7. The number of hydrogen-bond donors (Lipinski definition) is 0. The topological polar surface area (TPSA) is 86.5 Å². The summed E-state index contributed by atoms with van der Waals surface area (Å²) in [6, 6.07) is 12.4. The molecule has 0 N–H and O–H groups in total. The minimum Gasteiger partial charge on any atom is -0.390 e. The van der Waals surface area contributed by atoms with Gasteiger partial charge in [0, 0.05) is 17.6 Å². The van der Waals surface area contributed by atoms with Crippen LogP contribution in [0.5, 0.6) is 0 Å². The Labute approximate surface area is 164 Å². The summed E-state index contributed by atoms with van der Waals surface area (Å²) in [4.78, 5) is 7.14. The molecule has 2 aromatic carbocycles. The van der Waals surface area contributed by atoms with E-state index < -0.39 is 10.0 Å². The summed E-state index contributed by atoms with van der Waals surface area (Å²) in [6.45, 7) is 1.77. The van der Waals surface area contributed by atoms with Gasteiger partial charge < -0.3 is 9.57 Å². The van der Waals surface area contributed by atoms with Crippen LogP contribution in [0.3, 0.4) is 0 Å². The number of aromatic nitrogens is 3. The normalized spacial score (nSPS) is 15.9. The first-order valence-electron chi connectivity index (χ1n) is 8.35. The molecule has 0 radical (unpaired) electrons. The summed E-state index contributed by atoms with van der Waals surface area (Å²) in [5.74, 6) is 0. The van der Waals surface area contributed by atoms with Crippen LogP contribution in [0.1, 0.15) is 5.56 Å². The molecule has 27 heavy (non-hydrogen) atoms. The van der Waals surface area contributed by atoms with Gasteiger partial charge in [-0.15, -0.1) is 5.10 Å². The van der Waals surface area contributed by atoms with Crippen molar-refractivity contribution in [3.05, 3.63) is 52.5 Å². The molecule has 1 aliphatic rings. The van der Waals surface area contributed by atoms with Crippen molar-refractivity contribution >= 4 is 37.0 Å². The molecule has 1 aliphatic heterocycles. The van der Waals surface area contributed by atoms with Crippen molar-refractivity contribution in [2.75, 3.05) is 26.3 Å². The second kappa shape index (κ2) is 7.55. The van der Waals surface area contributed by atoms with Crippen LogP contribution in [-0.4, -0.2) is 54.2 Å². The van der Waals surface area contributed by atoms with Crippen molar-refractivity contribution in [1.29, 1.82) is 0 Å². The van der Waals surface area contributed by atoms with Gasteiger partial charge in [0.15, 0.2) is 0 Å². The zero-order chi connectivity index (χ0) is 18.9. The van der Waals surface area contributed by atoms with E-state index in [1.165, 1.54) is 9.15 Å². The van der Waals surface area contributed by atoms with Gasteiger partial charge in [0.1, 0.15) is 17.6 Å². The fraction of sp³-hybridized carbons (Fsp3) is 0.294. The van der Waals surface area contributed by atoms with Gasteiger partial charge in [-0.3, -0.25) is 0 Å². The van der Waals surface area contributed by atoms with E-state index in [9.17, 15) is 8.42 Å². The molecule has 0 spiro atoms. The maximum absolute atomic E-state index is 12.9. The highest BCUT2D eigenvalue weighted by Gasteiger charge is 2.27. The Hall–Kier alpha value is -2.01. The molecule has 2 heterocycles. The van der Waals surface area contributed by atoms with Crippen LogP contribution in [0.4, 0.5) is 0 Å². The van der Waals surface area contributed by atoms with Gasteiger partial charge in [-0.05, 0) is 41.1 Å². The number of ether oxygens (including phenoxy) is 1. The summed E-state index contributed by atoms with van der Waals surface area (Å²) < 4.78 is 33.3. The first-order valence-corrected chi connectivity index (χ1v) is 10.6. The number of hydrogen-bond acceptors (Lipinski definition) is 6. The summed E-state index contributed by atoms with van der Waals surface area (Å²) in [5, 5.41) is 8.00. The minimum atomic E-state index is -3.60. The Kier molecular flexibility index (Phi) is 5.13. The van der Waals surface area contributed by atoms with Crippen LogP contribution in [-0.2, 0) is 21.4 Å². The van der Waals surface area contributed by atoms with Crippen LogP contribution < -0.4 is 4.84 Å². The standard InChI is InChI=1S/C17H17BrN4O4S/c18-14-3-1-13(2-4-14)12-26-22-17-11-15(5-6-16(17)19-20-22)27(23,24)21-7-9-25-10-8-21/h1-6,11H,7-10,12H2. The first-order chi connectivity index (χ1) is 13.0. The molecule has 10 heteroatoms. The van der Waals surface area contributed by atoms with Crippen LogP contribution in [0.25, 0.3) is 11.0 Å². The monoisotopic (exact) mass is 452 g/mol. The molecule has 3 aromatic rings. The van der Waals surface area contributed by atoms with Crippen molar-refractivity contribution < 1.29 is 18.0 Å². The highest BCUT2D eigenvalue weighted by molar-refractivity contribution is 9.10. The lowest BCUT2D eigenvalue weighted by atomic mass is 10.2. The number of fused-ring (bicyclic) bond motifs is 1. The Bertz CT molecular complexity index is 1050. The molecular weight excluding hydrogens is 436 g/mol. The highest BCUT2D eigenvalue weighted by atomic mass is 79.9. The summed E-state index contributed by atoms with van der Waals surface area (Å²) in [7, 11) is -3.60. The van der Waals surface area contributed by atoms with Gasteiger partial charge in [0.25, 0.3) is 0 Å². The molecule has 8 nitrogen and oxygen atoms in total. The van der Waals surface area contributed by atoms with Gasteiger partial charge in [0.2, 0.25) is 10.0 Å². The second-order valence-corrected chi connectivity index (χ2v) is 8.88. The van der Waals surface area contributed by atoms with E-state index in [1.807, 2.05) is 24.3 Å². The molecule has 4 rings (SSSR count). The number of benzene rings is 2. The highest BCUT2D eigenvalue weighted by Crippen LogP contribution is 2.21. The van der Waals surface area contributed by atoms with E-state index in [0.717, 1.165) is 10.0 Å². The molecule has 0 saturated carbocycles. The van der Waals surface area contributed by atoms with Crippen molar-refractivity contribution in [2.45, 2.75) is 11.5 Å². The molecular formula is C17H17BrN4O4S. The van der Waals surface area contributed by atoms with Gasteiger partial charge >= 0.3 is 0 Å². The van der Waals surface area contributed by atoms with Gasteiger partial charge in [0.05, 0.1) is 18.1 Å². The third kappa shape index (κ3) is 3.84. The molecule has 0 amide bonds. The largest absolute Gasteiger partial charge is 0.390 e. The van der Waals surface area contributed by atoms with Gasteiger partial charge in [-0.25, -0.2) is 8.42 Å². The van der Waals surface area contributed by atoms with Crippen molar-refractivity contribution in [1.82, 2.24) is 19.5 Å². The lowest BCUT2D eigenvalue weighted by molar-refractivity contribution is 0.0729. The van der Waals surface area contributed by atoms with Crippen molar-refractivity contribution in [2.24, 2.45) is 0 Å². The Morgan fingerprint density at radius 2 is 1.85 bits per heavy atom. The Balaban J connectivity index is 1.60. The predicted molar refractivity (Wildman–Crippen MR) is 102 cm³/mol. The third-order valence-electron chi connectivity index (χ3n) is 4.26. The van der Waals surface area contributed by atoms with Crippen molar-refractivity contribution in [3.63, 3.8) is 0 Å². The second-order valence-electron chi connectivity index (χ2n) is 6.03. The van der Waals surface area contributed by atoms with Crippen LogP contribution >= 0.6 is 15.9 Å². The Morgan fingerprint density at radius 1 is 1.11 bits per heavy atom. The molecule has 0 bridgehead atoms. The SMILES string of the molecule is O=S(=O)(c1ccc2nnn(OCc3ccc(Br)cc3)c2c1)N1CCOCC1. The van der Waals surface area contributed by atoms with Crippen molar-refractivity contribution in [3.8, 4) is 0 Å².